The number of nitrogens with one attached hydrogen (secondary N) is 2. The second-order valence-electron chi connectivity index (χ2n) is 11.5. The smallest absolute Gasteiger partial charge is 0.308 e. The molecule has 1 aliphatic heterocycles. The van der Waals surface area contributed by atoms with Gasteiger partial charge in [0, 0.05) is 25.0 Å². The zero-order chi connectivity index (χ0) is 28.1. The van der Waals surface area contributed by atoms with Crippen molar-refractivity contribution in [2.24, 2.45) is 17.3 Å². The number of aromatic amines is 1. The molecule has 12 heteroatoms. The summed E-state index contributed by atoms with van der Waals surface area (Å²) in [6, 6.07) is 9.16. The molecule has 3 atom stereocenters. The first kappa shape index (κ1) is 27.2. The van der Waals surface area contributed by atoms with Gasteiger partial charge in [-0.3, -0.25) is 23.4 Å². The minimum Gasteiger partial charge on any atom is -0.481 e. The summed E-state index contributed by atoms with van der Waals surface area (Å²) in [7, 11) is -3.35. The van der Waals surface area contributed by atoms with Gasteiger partial charge in [-0.15, -0.1) is 10.8 Å². The Morgan fingerprint density at radius 3 is 2.72 bits per heavy atom. The first-order valence-corrected chi connectivity index (χ1v) is 14.6. The molecule has 11 nitrogen and oxygen atoms in total. The highest BCUT2D eigenvalue weighted by Gasteiger charge is 2.41. The summed E-state index contributed by atoms with van der Waals surface area (Å²) in [5, 5.41) is 27.9. The van der Waals surface area contributed by atoms with Crippen LogP contribution in [-0.2, 0) is 11.3 Å². The van der Waals surface area contributed by atoms with Gasteiger partial charge in [0.25, 0.3) is 5.56 Å². The van der Waals surface area contributed by atoms with E-state index in [-0.39, 0.29) is 30.6 Å². The Morgan fingerprint density at radius 2 is 2.03 bits per heavy atom. The van der Waals surface area contributed by atoms with Gasteiger partial charge in [-0.1, -0.05) is 33.6 Å². The third-order valence-corrected chi connectivity index (χ3v) is 9.88. The topological polar surface area (TPSA) is 168 Å². The van der Waals surface area contributed by atoms with Crippen LogP contribution in [0.3, 0.4) is 0 Å². The minimum atomic E-state index is -3.35. The summed E-state index contributed by atoms with van der Waals surface area (Å²) >= 11 is 0. The number of nitrogens with zero attached hydrogens (tertiary/aromatic N) is 4. The average Bonchev–Trinajstić information content (AvgIpc) is 3.36. The van der Waals surface area contributed by atoms with Gasteiger partial charge in [0.1, 0.15) is 5.39 Å². The van der Waals surface area contributed by atoms with Gasteiger partial charge in [0.05, 0.1) is 34.4 Å². The van der Waals surface area contributed by atoms with Crippen LogP contribution in [0.5, 0.6) is 0 Å². The van der Waals surface area contributed by atoms with E-state index in [0.29, 0.717) is 32.9 Å². The molecule has 1 aliphatic carbocycles. The summed E-state index contributed by atoms with van der Waals surface area (Å²) in [5.74, 6) is -1.61. The second kappa shape index (κ2) is 9.98. The highest BCUT2D eigenvalue weighted by atomic mass is 32.3. The number of aliphatic carboxylic acids is 1. The normalized spacial score (nSPS) is 22.7. The van der Waals surface area contributed by atoms with E-state index in [1.165, 1.54) is 4.31 Å². The van der Waals surface area contributed by atoms with E-state index < -0.39 is 28.1 Å². The van der Waals surface area contributed by atoms with E-state index >= 15 is 0 Å². The zero-order valence-electron chi connectivity index (χ0n) is 22.2. The van der Waals surface area contributed by atoms with Gasteiger partial charge in [0.2, 0.25) is 0 Å². The Morgan fingerprint density at radius 1 is 1.28 bits per heavy atom. The van der Waals surface area contributed by atoms with Crippen LogP contribution in [0.4, 0.5) is 11.5 Å². The SMILES string of the molecule is CC(C)(C)C(CN1Cc2cc(Nc3nn(C4CCCCC4C#N)c4cc[nH]c(=O)c34)ccc2S1(O)O)C(=O)O. The molecule has 1 fully saturated rings. The first-order valence-electron chi connectivity index (χ1n) is 13.1. The molecule has 2 aromatic heterocycles. The highest BCUT2D eigenvalue weighted by molar-refractivity contribution is 8.22. The van der Waals surface area contributed by atoms with Crippen LogP contribution in [0.1, 0.15) is 58.1 Å². The largest absolute Gasteiger partial charge is 0.481 e. The molecule has 0 radical (unpaired) electrons. The lowest BCUT2D eigenvalue weighted by Gasteiger charge is -2.40. The monoisotopic (exact) mass is 554 g/mol. The van der Waals surface area contributed by atoms with Crippen LogP contribution in [0.2, 0.25) is 0 Å². The number of carbonyl (C=O) groups is 1. The Kier molecular flexibility index (Phi) is 6.97. The third-order valence-electron chi connectivity index (χ3n) is 7.89. The van der Waals surface area contributed by atoms with Crippen LogP contribution in [0, 0.1) is 28.6 Å². The maximum Gasteiger partial charge on any atom is 0.308 e. The molecule has 1 aromatic carbocycles. The molecule has 2 aliphatic rings. The third kappa shape index (κ3) is 4.91. The molecule has 0 saturated heterocycles. The molecule has 3 aromatic rings. The molecule has 0 bridgehead atoms. The molecule has 3 unspecified atom stereocenters. The Balaban J connectivity index is 1.47. The molecule has 5 rings (SSSR count). The fourth-order valence-corrected chi connectivity index (χ4v) is 7.37. The van der Waals surface area contributed by atoms with Gasteiger partial charge in [-0.25, -0.2) is 0 Å². The van der Waals surface area contributed by atoms with Gasteiger partial charge in [-0.05, 0) is 48.1 Å². The first-order chi connectivity index (χ1) is 18.4. The fourth-order valence-electron chi connectivity index (χ4n) is 5.69. The van der Waals surface area contributed by atoms with E-state index in [1.54, 1.807) is 35.1 Å². The summed E-state index contributed by atoms with van der Waals surface area (Å²) in [6.45, 7) is 5.62. The van der Waals surface area contributed by atoms with E-state index in [2.05, 4.69) is 16.4 Å². The number of aromatic nitrogens is 3. The number of rotatable bonds is 6. The lowest BCUT2D eigenvalue weighted by molar-refractivity contribution is -0.145. The number of fused-ring (bicyclic) bond motifs is 2. The predicted octanol–water partition coefficient (Wildman–Crippen LogP) is 5.31. The molecule has 1 saturated carbocycles. The fraction of sp³-hybridized carbons (Fsp3) is 0.481. The van der Waals surface area contributed by atoms with E-state index in [0.717, 1.165) is 25.7 Å². The van der Waals surface area contributed by atoms with Crippen LogP contribution in [-0.4, -0.2) is 45.8 Å². The van der Waals surface area contributed by atoms with Crippen LogP contribution in [0.15, 0.2) is 40.2 Å². The van der Waals surface area contributed by atoms with Crippen molar-refractivity contribution in [2.75, 3.05) is 11.9 Å². The molecule has 0 amide bonds. The van der Waals surface area contributed by atoms with Crippen molar-refractivity contribution in [1.82, 2.24) is 19.1 Å². The molecular formula is C27H34N6O5S. The van der Waals surface area contributed by atoms with Crippen molar-refractivity contribution in [1.29, 1.82) is 5.26 Å². The van der Waals surface area contributed by atoms with Crippen molar-refractivity contribution >= 4 is 39.2 Å². The van der Waals surface area contributed by atoms with E-state index in [4.69, 9.17) is 5.10 Å². The lowest BCUT2D eigenvalue weighted by atomic mass is 9.80. The van der Waals surface area contributed by atoms with Gasteiger partial charge < -0.3 is 15.4 Å². The van der Waals surface area contributed by atoms with Crippen molar-refractivity contribution in [3.8, 4) is 6.07 Å². The number of carboxylic acid groups (broad SMARTS) is 1. The number of hydrogen-bond acceptors (Lipinski definition) is 8. The summed E-state index contributed by atoms with van der Waals surface area (Å²) in [6.07, 6.45) is 5.16. The van der Waals surface area contributed by atoms with Crippen LogP contribution >= 0.6 is 10.8 Å². The summed E-state index contributed by atoms with van der Waals surface area (Å²) in [5.41, 5.74) is 1.04. The van der Waals surface area contributed by atoms with Crippen molar-refractivity contribution < 1.29 is 19.0 Å². The maximum atomic E-state index is 12.9. The molecule has 208 valence electrons. The predicted molar refractivity (Wildman–Crippen MR) is 149 cm³/mol. The second-order valence-corrected chi connectivity index (χ2v) is 13.5. The average molecular weight is 555 g/mol. The number of hydrogen-bond donors (Lipinski definition) is 5. The maximum absolute atomic E-state index is 12.9. The van der Waals surface area contributed by atoms with Gasteiger partial charge in [0.15, 0.2) is 5.82 Å². The van der Waals surface area contributed by atoms with Crippen molar-refractivity contribution in [2.45, 2.75) is 63.9 Å². The molecule has 5 N–H and O–H groups in total. The standard InChI is InChI=1S/C27H34N6O5S/c1-27(2,3)19(26(35)36)15-32-14-17-12-18(8-9-22(17)39(32,37)38)30-24-23-21(10-11-29-25(23)34)33(31-24)20-7-5-4-6-16(20)13-28/h8-12,16,19-20,37-38H,4-7,14-15H2,1-3H3,(H,29,34)(H,30,31)(H,35,36). The van der Waals surface area contributed by atoms with Crippen molar-refractivity contribution in [3.05, 3.63) is 46.4 Å². The summed E-state index contributed by atoms with van der Waals surface area (Å²) < 4.78 is 25.3. The number of H-pyrrole nitrogens is 1. The molecule has 0 spiro atoms. The number of pyridine rings is 1. The summed E-state index contributed by atoms with van der Waals surface area (Å²) in [4.78, 5) is 27.8. The molecule has 3 heterocycles. The number of benzene rings is 1. The Hall–Kier alpha value is -3.37. The van der Waals surface area contributed by atoms with E-state index in [9.17, 15) is 29.1 Å². The lowest BCUT2D eigenvalue weighted by Crippen LogP contribution is -2.39. The van der Waals surface area contributed by atoms with Crippen LogP contribution < -0.4 is 10.9 Å². The molecular weight excluding hydrogens is 520 g/mol. The van der Waals surface area contributed by atoms with Gasteiger partial charge in [-0.2, -0.15) is 14.7 Å². The quantitative estimate of drug-likeness (QED) is 0.271. The van der Waals surface area contributed by atoms with E-state index in [1.807, 2.05) is 20.8 Å². The van der Waals surface area contributed by atoms with Gasteiger partial charge >= 0.3 is 5.97 Å². The minimum absolute atomic E-state index is 0.00945. The number of nitriles is 1. The highest BCUT2D eigenvalue weighted by Crippen LogP contribution is 2.59. The Bertz CT molecular complexity index is 1520. The van der Waals surface area contributed by atoms with Crippen LogP contribution in [0.25, 0.3) is 10.9 Å². The van der Waals surface area contributed by atoms with Crippen molar-refractivity contribution in [3.63, 3.8) is 0 Å². The number of anilines is 2. The molecule has 39 heavy (non-hydrogen) atoms. The zero-order valence-corrected chi connectivity index (χ0v) is 23.0. The Labute approximate surface area is 227 Å². The number of carboxylic acids is 1.